The Hall–Kier alpha value is -3.21. The maximum atomic E-state index is 12.2. The number of nitrogens with zero attached hydrogens (tertiary/aromatic N) is 2. The van der Waals surface area contributed by atoms with E-state index in [1.807, 2.05) is 55.5 Å². The van der Waals surface area contributed by atoms with Gasteiger partial charge in [-0.15, -0.1) is 0 Å². The Balaban J connectivity index is 1.75. The average Bonchev–Trinajstić information content (AvgIpc) is 2.68. The Bertz CT molecular complexity index is 923. The number of aryl methyl sites for hydroxylation is 1. The second kappa shape index (κ2) is 8.94. The molecular formula is C22H24N4O. The van der Waals surface area contributed by atoms with Crippen LogP contribution in [0.4, 0.5) is 11.5 Å². The normalized spacial score (nSPS) is 10.4. The number of anilines is 2. The third-order valence-corrected chi connectivity index (χ3v) is 4.14. The number of rotatable bonds is 7. The highest BCUT2D eigenvalue weighted by Crippen LogP contribution is 2.20. The van der Waals surface area contributed by atoms with Crippen molar-refractivity contribution in [2.24, 2.45) is 0 Å². The van der Waals surface area contributed by atoms with Crippen LogP contribution >= 0.6 is 0 Å². The van der Waals surface area contributed by atoms with Crippen molar-refractivity contribution in [3.05, 3.63) is 71.9 Å². The summed E-state index contributed by atoms with van der Waals surface area (Å²) in [7, 11) is 0. The Morgan fingerprint density at radius 3 is 2.74 bits per heavy atom. The quantitative estimate of drug-likeness (QED) is 0.598. The van der Waals surface area contributed by atoms with Crippen LogP contribution in [0.1, 0.15) is 35.7 Å². The molecule has 0 unspecified atom stereocenters. The number of benzene rings is 2. The van der Waals surface area contributed by atoms with Crippen LogP contribution in [0, 0.1) is 6.92 Å². The van der Waals surface area contributed by atoms with E-state index in [0.717, 1.165) is 29.7 Å². The first kappa shape index (κ1) is 18.6. The Labute approximate surface area is 159 Å². The summed E-state index contributed by atoms with van der Waals surface area (Å²) < 4.78 is 0. The summed E-state index contributed by atoms with van der Waals surface area (Å²) >= 11 is 0. The molecule has 0 radical (unpaired) electrons. The van der Waals surface area contributed by atoms with Gasteiger partial charge in [-0.05, 0) is 43.7 Å². The Morgan fingerprint density at radius 1 is 1.07 bits per heavy atom. The summed E-state index contributed by atoms with van der Waals surface area (Å²) in [4.78, 5) is 21.2. The van der Waals surface area contributed by atoms with Gasteiger partial charge >= 0.3 is 0 Å². The zero-order valence-corrected chi connectivity index (χ0v) is 15.7. The number of amides is 1. The number of hydrogen-bond acceptors (Lipinski definition) is 4. The first-order valence-corrected chi connectivity index (χ1v) is 9.21. The summed E-state index contributed by atoms with van der Waals surface area (Å²) in [6.07, 6.45) is 3.76. The minimum absolute atomic E-state index is 0.0600. The number of carbonyl (C=O) groups is 1. The smallest absolute Gasteiger partial charge is 0.251 e. The topological polar surface area (TPSA) is 66.9 Å². The van der Waals surface area contributed by atoms with Gasteiger partial charge in [0.1, 0.15) is 5.82 Å². The predicted molar refractivity (Wildman–Crippen MR) is 109 cm³/mol. The molecule has 2 aromatic carbocycles. The molecule has 1 aromatic heterocycles. The molecule has 27 heavy (non-hydrogen) atoms. The molecule has 2 N–H and O–H groups in total. The minimum atomic E-state index is -0.0600. The minimum Gasteiger partial charge on any atom is -0.352 e. The first-order chi connectivity index (χ1) is 13.2. The van der Waals surface area contributed by atoms with Crippen LogP contribution in [0.2, 0.25) is 0 Å². The summed E-state index contributed by atoms with van der Waals surface area (Å²) in [5, 5.41) is 6.19. The molecule has 0 spiro atoms. The Morgan fingerprint density at radius 2 is 1.93 bits per heavy atom. The van der Waals surface area contributed by atoms with Gasteiger partial charge in [0.15, 0.2) is 5.82 Å². The molecule has 0 aliphatic carbocycles. The average molecular weight is 360 g/mol. The van der Waals surface area contributed by atoms with Crippen molar-refractivity contribution in [1.29, 1.82) is 0 Å². The number of hydrogen-bond donors (Lipinski definition) is 2. The van der Waals surface area contributed by atoms with Crippen LogP contribution in [-0.2, 0) is 0 Å². The van der Waals surface area contributed by atoms with E-state index in [1.54, 1.807) is 6.20 Å². The fourth-order valence-corrected chi connectivity index (χ4v) is 2.72. The largest absolute Gasteiger partial charge is 0.352 e. The molecule has 1 amide bonds. The van der Waals surface area contributed by atoms with E-state index >= 15 is 0 Å². The standard InChI is InChI=1S/C22H24N4O/c1-3-4-12-24-22(27)18-9-6-10-19(15-18)25-20-11-13-23-21(26-20)17-8-5-7-16(2)14-17/h5-11,13-15H,3-4,12H2,1-2H3,(H,24,27)(H,23,25,26). The fraction of sp³-hybridized carbons (Fsp3) is 0.227. The molecule has 0 aliphatic heterocycles. The van der Waals surface area contributed by atoms with Gasteiger partial charge in [0.25, 0.3) is 5.91 Å². The van der Waals surface area contributed by atoms with Gasteiger partial charge in [-0.3, -0.25) is 4.79 Å². The monoisotopic (exact) mass is 360 g/mol. The fourth-order valence-electron chi connectivity index (χ4n) is 2.72. The van der Waals surface area contributed by atoms with E-state index in [9.17, 15) is 4.79 Å². The van der Waals surface area contributed by atoms with Crippen LogP contribution < -0.4 is 10.6 Å². The molecule has 3 aromatic rings. The second-order valence-electron chi connectivity index (χ2n) is 6.45. The zero-order valence-electron chi connectivity index (χ0n) is 15.7. The van der Waals surface area contributed by atoms with Crippen molar-refractivity contribution in [1.82, 2.24) is 15.3 Å². The van der Waals surface area contributed by atoms with Crippen LogP contribution in [0.15, 0.2) is 60.8 Å². The van der Waals surface area contributed by atoms with E-state index in [4.69, 9.17) is 0 Å². The second-order valence-corrected chi connectivity index (χ2v) is 6.45. The van der Waals surface area contributed by atoms with Crippen LogP contribution in [-0.4, -0.2) is 22.4 Å². The van der Waals surface area contributed by atoms with Crippen molar-refractivity contribution >= 4 is 17.4 Å². The van der Waals surface area contributed by atoms with E-state index in [2.05, 4.69) is 33.6 Å². The highest BCUT2D eigenvalue weighted by atomic mass is 16.1. The summed E-state index contributed by atoms with van der Waals surface area (Å²) in [6.45, 7) is 4.84. The van der Waals surface area contributed by atoms with Gasteiger partial charge in [0, 0.05) is 29.6 Å². The third-order valence-electron chi connectivity index (χ3n) is 4.14. The molecule has 0 atom stereocenters. The molecular weight excluding hydrogens is 336 g/mol. The van der Waals surface area contributed by atoms with Gasteiger partial charge in [-0.25, -0.2) is 9.97 Å². The molecule has 0 saturated heterocycles. The molecule has 0 aliphatic rings. The molecule has 5 nitrogen and oxygen atoms in total. The molecule has 138 valence electrons. The molecule has 0 saturated carbocycles. The molecule has 1 heterocycles. The van der Waals surface area contributed by atoms with E-state index in [1.165, 1.54) is 0 Å². The highest BCUT2D eigenvalue weighted by Gasteiger charge is 2.07. The van der Waals surface area contributed by atoms with Crippen molar-refractivity contribution in [2.45, 2.75) is 26.7 Å². The van der Waals surface area contributed by atoms with Gasteiger partial charge < -0.3 is 10.6 Å². The summed E-state index contributed by atoms with van der Waals surface area (Å²) in [5.74, 6) is 1.29. The molecule has 0 bridgehead atoms. The first-order valence-electron chi connectivity index (χ1n) is 9.21. The lowest BCUT2D eigenvalue weighted by atomic mass is 10.1. The molecule has 3 rings (SSSR count). The van der Waals surface area contributed by atoms with Crippen molar-refractivity contribution in [2.75, 3.05) is 11.9 Å². The van der Waals surface area contributed by atoms with Crippen LogP contribution in [0.5, 0.6) is 0 Å². The van der Waals surface area contributed by atoms with Gasteiger partial charge in [0.05, 0.1) is 0 Å². The third kappa shape index (κ3) is 5.14. The summed E-state index contributed by atoms with van der Waals surface area (Å²) in [5.41, 5.74) is 3.58. The lowest BCUT2D eigenvalue weighted by molar-refractivity contribution is 0.0953. The predicted octanol–water partition coefficient (Wildman–Crippen LogP) is 4.73. The lowest BCUT2D eigenvalue weighted by Gasteiger charge is -2.09. The SMILES string of the molecule is CCCCNC(=O)c1cccc(Nc2ccnc(-c3cccc(C)c3)n2)c1. The van der Waals surface area contributed by atoms with E-state index < -0.39 is 0 Å². The number of unbranched alkanes of at least 4 members (excludes halogenated alkanes) is 1. The van der Waals surface area contributed by atoms with E-state index in [0.29, 0.717) is 23.8 Å². The van der Waals surface area contributed by atoms with Crippen LogP contribution in [0.25, 0.3) is 11.4 Å². The Kier molecular flexibility index (Phi) is 6.15. The van der Waals surface area contributed by atoms with Crippen molar-refractivity contribution in [3.8, 4) is 11.4 Å². The maximum absolute atomic E-state index is 12.2. The van der Waals surface area contributed by atoms with Gasteiger partial charge in [-0.2, -0.15) is 0 Å². The lowest BCUT2D eigenvalue weighted by Crippen LogP contribution is -2.24. The zero-order chi connectivity index (χ0) is 19.1. The van der Waals surface area contributed by atoms with Gasteiger partial charge in [-0.1, -0.05) is 43.2 Å². The number of nitrogens with one attached hydrogen (secondary N) is 2. The van der Waals surface area contributed by atoms with Crippen molar-refractivity contribution < 1.29 is 4.79 Å². The number of carbonyl (C=O) groups excluding carboxylic acids is 1. The van der Waals surface area contributed by atoms with E-state index in [-0.39, 0.29) is 5.91 Å². The summed E-state index contributed by atoms with van der Waals surface area (Å²) in [6, 6.07) is 17.3. The van der Waals surface area contributed by atoms with Gasteiger partial charge in [0.2, 0.25) is 0 Å². The molecule has 5 heteroatoms. The molecule has 0 fully saturated rings. The van der Waals surface area contributed by atoms with Crippen LogP contribution in [0.3, 0.4) is 0 Å². The maximum Gasteiger partial charge on any atom is 0.251 e. The number of aromatic nitrogens is 2. The highest BCUT2D eigenvalue weighted by molar-refractivity contribution is 5.95. The van der Waals surface area contributed by atoms with Crippen molar-refractivity contribution in [3.63, 3.8) is 0 Å².